The normalized spacial score (nSPS) is 14.3. The van der Waals surface area contributed by atoms with Crippen LogP contribution in [0.4, 0.5) is 0 Å². The molecular weight excluding hydrogens is 631 g/mol. The Kier molecular flexibility index (Phi) is 6.29. The first kappa shape index (κ1) is 29.2. The molecule has 1 aliphatic carbocycles. The van der Waals surface area contributed by atoms with E-state index in [1.54, 1.807) is 0 Å². The first-order valence-corrected chi connectivity index (χ1v) is 18.2. The average molecular weight is 666 g/mol. The molecular formula is C49H35N3. The molecule has 1 unspecified atom stereocenters. The topological polar surface area (TPSA) is 14.8 Å². The highest BCUT2D eigenvalue weighted by molar-refractivity contribution is 6.10. The number of fused-ring (bicyclic) bond motifs is 9. The van der Waals surface area contributed by atoms with Gasteiger partial charge in [-0.15, -0.1) is 0 Å². The second-order valence-corrected chi connectivity index (χ2v) is 14.2. The number of rotatable bonds is 4. The molecule has 0 saturated carbocycles. The summed E-state index contributed by atoms with van der Waals surface area (Å²) in [7, 11) is 0. The zero-order valence-corrected chi connectivity index (χ0v) is 28.9. The van der Waals surface area contributed by atoms with Gasteiger partial charge in [-0.05, 0) is 103 Å². The first-order valence-electron chi connectivity index (χ1n) is 18.2. The van der Waals surface area contributed by atoms with Crippen molar-refractivity contribution in [1.82, 2.24) is 13.7 Å². The van der Waals surface area contributed by atoms with Crippen molar-refractivity contribution >= 4 is 60.6 Å². The van der Waals surface area contributed by atoms with Gasteiger partial charge in [-0.1, -0.05) is 103 Å². The molecule has 0 saturated heterocycles. The number of aryl methyl sites for hydroxylation is 1. The van der Waals surface area contributed by atoms with Gasteiger partial charge in [0.25, 0.3) is 0 Å². The van der Waals surface area contributed by atoms with Gasteiger partial charge in [0.05, 0.1) is 27.6 Å². The van der Waals surface area contributed by atoms with Crippen molar-refractivity contribution in [2.45, 2.75) is 19.3 Å². The van der Waals surface area contributed by atoms with E-state index in [2.05, 4.69) is 197 Å². The van der Waals surface area contributed by atoms with Crippen molar-refractivity contribution in [1.29, 1.82) is 0 Å². The Morgan fingerprint density at radius 1 is 0.423 bits per heavy atom. The largest absolute Gasteiger partial charge is 0.310 e. The average Bonchev–Trinajstić information content (AvgIpc) is 3.83. The van der Waals surface area contributed by atoms with Crippen LogP contribution in [0.25, 0.3) is 77.7 Å². The Balaban J connectivity index is 1.04. The molecule has 3 aromatic heterocycles. The van der Waals surface area contributed by atoms with Gasteiger partial charge < -0.3 is 13.7 Å². The molecule has 0 radical (unpaired) electrons. The Hall–Kier alpha value is -6.58. The first-order chi connectivity index (χ1) is 25.7. The fourth-order valence-electron chi connectivity index (χ4n) is 8.96. The van der Waals surface area contributed by atoms with E-state index in [9.17, 15) is 0 Å². The zero-order valence-electron chi connectivity index (χ0n) is 28.9. The zero-order chi connectivity index (χ0) is 34.3. The smallest absolute Gasteiger partial charge is 0.0541 e. The Morgan fingerprint density at radius 3 is 1.54 bits per heavy atom. The van der Waals surface area contributed by atoms with Crippen LogP contribution in [0.5, 0.6) is 0 Å². The molecule has 7 aromatic carbocycles. The lowest BCUT2D eigenvalue weighted by molar-refractivity contribution is 0.826. The van der Waals surface area contributed by atoms with E-state index in [4.69, 9.17) is 0 Å². The number of para-hydroxylation sites is 4. The summed E-state index contributed by atoms with van der Waals surface area (Å²) in [5.74, 6) is 0.286. The van der Waals surface area contributed by atoms with Crippen molar-refractivity contribution < 1.29 is 0 Å². The molecule has 0 aliphatic heterocycles. The minimum atomic E-state index is 0.286. The van der Waals surface area contributed by atoms with Crippen LogP contribution in [0.3, 0.4) is 0 Å². The molecule has 10 aromatic rings. The summed E-state index contributed by atoms with van der Waals surface area (Å²) < 4.78 is 7.28. The van der Waals surface area contributed by atoms with Gasteiger partial charge in [-0.25, -0.2) is 0 Å². The van der Waals surface area contributed by atoms with Crippen LogP contribution in [-0.2, 0) is 6.42 Å². The highest BCUT2D eigenvalue weighted by atomic mass is 15.0. The number of allylic oxidation sites excluding steroid dienone is 1. The standard InChI is InChI=1S/C49H35N3/c1-32-12-10-13-35(28-32)50-46-22-8-4-18-40(46)42-29-33(24-26-48(42)50)34-25-27-49-43(30-34)41-19-5-9-23-47(41)52(49)37-15-11-14-36(31-37)51-44-20-6-2-16-38(44)39-17-3-7-21-45(39)51/h2-28,30-31,33H,29H2,1H3. The van der Waals surface area contributed by atoms with Gasteiger partial charge in [-0.2, -0.15) is 0 Å². The van der Waals surface area contributed by atoms with Gasteiger partial charge >= 0.3 is 0 Å². The third-order valence-electron chi connectivity index (χ3n) is 11.2. The van der Waals surface area contributed by atoms with E-state index in [1.165, 1.54) is 82.6 Å². The van der Waals surface area contributed by atoms with Crippen molar-refractivity contribution in [3.8, 4) is 17.1 Å². The fourth-order valence-corrected chi connectivity index (χ4v) is 8.96. The number of nitrogens with zero attached hydrogens (tertiary/aromatic N) is 3. The van der Waals surface area contributed by atoms with Crippen molar-refractivity contribution in [2.24, 2.45) is 0 Å². The summed E-state index contributed by atoms with van der Waals surface area (Å²) in [5.41, 5.74) is 15.0. The molecule has 3 heteroatoms. The molecule has 1 atom stereocenters. The molecule has 3 nitrogen and oxygen atoms in total. The van der Waals surface area contributed by atoms with Crippen LogP contribution in [0.15, 0.2) is 170 Å². The Morgan fingerprint density at radius 2 is 0.923 bits per heavy atom. The van der Waals surface area contributed by atoms with Crippen molar-refractivity contribution in [2.75, 3.05) is 0 Å². The lowest BCUT2D eigenvalue weighted by atomic mass is 9.86. The van der Waals surface area contributed by atoms with E-state index in [1.807, 2.05) is 0 Å². The predicted octanol–water partition coefficient (Wildman–Crippen LogP) is 12.5. The van der Waals surface area contributed by atoms with Crippen molar-refractivity contribution in [3.05, 3.63) is 192 Å². The van der Waals surface area contributed by atoms with Crippen LogP contribution in [0.1, 0.15) is 28.3 Å². The molecule has 0 spiro atoms. The van der Waals surface area contributed by atoms with E-state index >= 15 is 0 Å². The maximum Gasteiger partial charge on any atom is 0.0541 e. The van der Waals surface area contributed by atoms with E-state index in [0.717, 1.165) is 17.8 Å². The van der Waals surface area contributed by atoms with Crippen LogP contribution in [0.2, 0.25) is 0 Å². The summed E-state index contributed by atoms with van der Waals surface area (Å²) in [6.45, 7) is 2.17. The minimum absolute atomic E-state index is 0.286. The maximum atomic E-state index is 2.45. The summed E-state index contributed by atoms with van der Waals surface area (Å²) in [6.07, 6.45) is 5.75. The lowest BCUT2D eigenvalue weighted by Gasteiger charge is -2.20. The van der Waals surface area contributed by atoms with Gasteiger partial charge in [0, 0.05) is 55.6 Å². The molecule has 1 aliphatic rings. The fraction of sp³-hybridized carbons (Fsp3) is 0.0612. The third-order valence-corrected chi connectivity index (χ3v) is 11.2. The van der Waals surface area contributed by atoms with E-state index in [0.29, 0.717) is 0 Å². The predicted molar refractivity (Wildman–Crippen MR) is 219 cm³/mol. The van der Waals surface area contributed by atoms with Crippen LogP contribution in [-0.4, -0.2) is 13.7 Å². The molecule has 0 N–H and O–H groups in total. The molecule has 0 fully saturated rings. The molecule has 246 valence electrons. The number of hydrogen-bond donors (Lipinski definition) is 0. The summed E-state index contributed by atoms with van der Waals surface area (Å²) >= 11 is 0. The van der Waals surface area contributed by atoms with Gasteiger partial charge in [-0.3, -0.25) is 0 Å². The summed E-state index contributed by atoms with van der Waals surface area (Å²) in [6, 6.07) is 60.2. The number of benzene rings is 7. The Labute approximate surface area is 301 Å². The Bertz CT molecular complexity index is 3020. The highest BCUT2D eigenvalue weighted by Crippen LogP contribution is 2.41. The van der Waals surface area contributed by atoms with Gasteiger partial charge in [0.15, 0.2) is 0 Å². The number of aromatic nitrogens is 3. The monoisotopic (exact) mass is 665 g/mol. The molecule has 52 heavy (non-hydrogen) atoms. The minimum Gasteiger partial charge on any atom is -0.310 e. The third kappa shape index (κ3) is 4.26. The summed E-state index contributed by atoms with van der Waals surface area (Å²) in [5, 5.41) is 6.46. The maximum absolute atomic E-state index is 2.45. The van der Waals surface area contributed by atoms with Gasteiger partial charge in [0.1, 0.15) is 0 Å². The van der Waals surface area contributed by atoms with Crippen LogP contribution < -0.4 is 0 Å². The van der Waals surface area contributed by atoms with Gasteiger partial charge in [0.2, 0.25) is 0 Å². The van der Waals surface area contributed by atoms with E-state index < -0.39 is 0 Å². The van der Waals surface area contributed by atoms with Crippen molar-refractivity contribution in [3.63, 3.8) is 0 Å². The quantitative estimate of drug-likeness (QED) is 0.178. The SMILES string of the molecule is Cc1cccc(-n2c3c(c4ccccc42)CC(c2ccc4c(c2)c2ccccc2n4-c2cccc(-n4c5ccccc5c5ccccc54)c2)C=C3)c1. The highest BCUT2D eigenvalue weighted by Gasteiger charge is 2.24. The number of hydrogen-bond acceptors (Lipinski definition) is 0. The molecule has 0 bridgehead atoms. The molecule has 11 rings (SSSR count). The second kappa shape index (κ2) is 11.2. The second-order valence-electron chi connectivity index (χ2n) is 14.2. The van der Waals surface area contributed by atoms with Crippen LogP contribution >= 0.6 is 0 Å². The molecule has 0 amide bonds. The molecule has 3 heterocycles. The summed E-state index contributed by atoms with van der Waals surface area (Å²) in [4.78, 5) is 0. The van der Waals surface area contributed by atoms with E-state index in [-0.39, 0.29) is 5.92 Å². The lowest BCUT2D eigenvalue weighted by Crippen LogP contribution is -2.07. The van der Waals surface area contributed by atoms with Crippen LogP contribution in [0, 0.1) is 6.92 Å².